The maximum atomic E-state index is 13.5. The van der Waals surface area contributed by atoms with Gasteiger partial charge in [0.15, 0.2) is 12.4 Å². The predicted octanol–water partition coefficient (Wildman–Crippen LogP) is 3.84. The second-order valence-electron chi connectivity index (χ2n) is 4.54. The van der Waals surface area contributed by atoms with Crippen LogP contribution in [0.25, 0.3) is 11.3 Å². The summed E-state index contributed by atoms with van der Waals surface area (Å²) >= 11 is 0. The summed E-state index contributed by atoms with van der Waals surface area (Å²) < 4.78 is 24.0. The molecule has 0 aliphatic rings. The van der Waals surface area contributed by atoms with Crippen molar-refractivity contribution in [3.05, 3.63) is 78.1 Å². The van der Waals surface area contributed by atoms with Crippen molar-refractivity contribution in [1.29, 1.82) is 0 Å². The van der Waals surface area contributed by atoms with Crippen molar-refractivity contribution in [2.75, 3.05) is 0 Å². The molecule has 22 heavy (non-hydrogen) atoms. The summed E-state index contributed by atoms with van der Waals surface area (Å²) in [5.74, 6) is -0.538. The van der Waals surface area contributed by atoms with E-state index in [1.54, 1.807) is 12.3 Å². The van der Waals surface area contributed by atoms with E-state index in [9.17, 15) is 9.18 Å². The Kier molecular flexibility index (Phi) is 3.96. The quantitative estimate of drug-likeness (QED) is 0.687. The van der Waals surface area contributed by atoms with Crippen molar-refractivity contribution in [2.45, 2.75) is 6.61 Å². The van der Waals surface area contributed by atoms with Gasteiger partial charge in [-0.3, -0.25) is 0 Å². The topological polar surface area (TPSA) is 52.3 Å². The van der Waals surface area contributed by atoms with Gasteiger partial charge in [0.05, 0.1) is 11.8 Å². The van der Waals surface area contributed by atoms with Gasteiger partial charge in [-0.15, -0.1) is 0 Å². The summed E-state index contributed by atoms with van der Waals surface area (Å²) in [6, 6.07) is 15.1. The molecule has 0 amide bonds. The number of halogens is 1. The molecule has 0 aliphatic carbocycles. The highest BCUT2D eigenvalue weighted by atomic mass is 19.1. The zero-order valence-electron chi connectivity index (χ0n) is 11.5. The molecule has 1 heterocycles. The van der Waals surface area contributed by atoms with Gasteiger partial charge in [-0.25, -0.2) is 14.2 Å². The standard InChI is InChI=1S/C17H12FNO3/c18-14-9-5-4-8-13(14)17(20)21-11-16-19-10-15(22-16)12-6-2-1-3-7-12/h1-10H,11H2. The Morgan fingerprint density at radius 1 is 1.09 bits per heavy atom. The van der Waals surface area contributed by atoms with E-state index in [0.29, 0.717) is 5.76 Å². The highest BCUT2D eigenvalue weighted by molar-refractivity contribution is 5.89. The molecule has 5 heteroatoms. The number of aromatic nitrogens is 1. The number of nitrogens with zero attached hydrogens (tertiary/aromatic N) is 1. The molecule has 0 radical (unpaired) electrons. The van der Waals surface area contributed by atoms with Crippen LogP contribution in [0.2, 0.25) is 0 Å². The molecular formula is C17H12FNO3. The molecule has 0 aliphatic heterocycles. The number of carbonyl (C=O) groups excluding carboxylic acids is 1. The molecule has 0 spiro atoms. The molecule has 0 saturated carbocycles. The van der Waals surface area contributed by atoms with Gasteiger partial charge in [0.1, 0.15) is 5.82 Å². The molecule has 0 unspecified atom stereocenters. The molecule has 3 aromatic rings. The van der Waals surface area contributed by atoms with Gasteiger partial charge in [-0.2, -0.15) is 0 Å². The summed E-state index contributed by atoms with van der Waals surface area (Å²) in [5.41, 5.74) is 0.763. The Bertz CT molecular complexity index is 783. The van der Waals surface area contributed by atoms with Gasteiger partial charge in [0.2, 0.25) is 5.89 Å². The van der Waals surface area contributed by atoms with Crippen LogP contribution in [0.3, 0.4) is 0 Å². The minimum atomic E-state index is -0.752. The van der Waals surface area contributed by atoms with E-state index >= 15 is 0 Å². The Hall–Kier alpha value is -2.95. The van der Waals surface area contributed by atoms with Crippen molar-refractivity contribution in [2.24, 2.45) is 0 Å². The molecule has 0 fully saturated rings. The van der Waals surface area contributed by atoms with Gasteiger partial charge < -0.3 is 9.15 Å². The van der Waals surface area contributed by atoms with Gasteiger partial charge >= 0.3 is 5.97 Å². The van der Waals surface area contributed by atoms with Crippen LogP contribution in [-0.2, 0) is 11.3 Å². The number of ether oxygens (including phenoxy) is 1. The van der Waals surface area contributed by atoms with Gasteiger partial charge in [-0.05, 0) is 12.1 Å². The summed E-state index contributed by atoms with van der Waals surface area (Å²) in [4.78, 5) is 15.8. The normalized spacial score (nSPS) is 10.4. The first kappa shape index (κ1) is 14.0. The first-order chi connectivity index (χ1) is 10.7. The third-order valence-electron chi connectivity index (χ3n) is 3.03. The number of oxazole rings is 1. The number of esters is 1. The van der Waals surface area contributed by atoms with E-state index in [0.717, 1.165) is 5.56 Å². The van der Waals surface area contributed by atoms with Crippen LogP contribution >= 0.6 is 0 Å². The van der Waals surface area contributed by atoms with Gasteiger partial charge in [-0.1, -0.05) is 42.5 Å². The zero-order valence-corrected chi connectivity index (χ0v) is 11.5. The molecule has 3 rings (SSSR count). The van der Waals surface area contributed by atoms with Crippen LogP contribution in [0.4, 0.5) is 4.39 Å². The lowest BCUT2D eigenvalue weighted by Gasteiger charge is -2.03. The van der Waals surface area contributed by atoms with E-state index in [4.69, 9.17) is 9.15 Å². The van der Waals surface area contributed by atoms with Crippen molar-refractivity contribution in [3.8, 4) is 11.3 Å². The van der Waals surface area contributed by atoms with Crippen molar-refractivity contribution in [1.82, 2.24) is 4.98 Å². The Labute approximate surface area is 126 Å². The van der Waals surface area contributed by atoms with Crippen LogP contribution in [0.5, 0.6) is 0 Å². The molecule has 0 N–H and O–H groups in total. The lowest BCUT2D eigenvalue weighted by atomic mass is 10.2. The Balaban J connectivity index is 1.67. The van der Waals surface area contributed by atoms with Crippen LogP contribution in [-0.4, -0.2) is 11.0 Å². The maximum Gasteiger partial charge on any atom is 0.341 e. The molecule has 110 valence electrons. The average molecular weight is 297 g/mol. The molecule has 0 saturated heterocycles. The highest BCUT2D eigenvalue weighted by Crippen LogP contribution is 2.20. The largest absolute Gasteiger partial charge is 0.452 e. The van der Waals surface area contributed by atoms with Crippen LogP contribution < -0.4 is 0 Å². The smallest absolute Gasteiger partial charge is 0.341 e. The minimum absolute atomic E-state index is 0.114. The second kappa shape index (κ2) is 6.22. The molecule has 1 aromatic heterocycles. The third-order valence-corrected chi connectivity index (χ3v) is 3.03. The second-order valence-corrected chi connectivity index (χ2v) is 4.54. The first-order valence-corrected chi connectivity index (χ1v) is 6.66. The third kappa shape index (κ3) is 3.03. The summed E-state index contributed by atoms with van der Waals surface area (Å²) in [6.45, 7) is -0.153. The van der Waals surface area contributed by atoms with Crippen LogP contribution in [0.1, 0.15) is 16.2 Å². The summed E-state index contributed by atoms with van der Waals surface area (Å²) in [5, 5.41) is 0. The Morgan fingerprint density at radius 3 is 2.59 bits per heavy atom. The molecule has 0 bridgehead atoms. The predicted molar refractivity (Wildman–Crippen MR) is 77.5 cm³/mol. The van der Waals surface area contributed by atoms with Gasteiger partial charge in [0.25, 0.3) is 0 Å². The van der Waals surface area contributed by atoms with E-state index < -0.39 is 11.8 Å². The molecular weight excluding hydrogens is 285 g/mol. The fourth-order valence-electron chi connectivity index (χ4n) is 1.94. The zero-order chi connectivity index (χ0) is 15.4. The van der Waals surface area contributed by atoms with E-state index in [-0.39, 0.29) is 18.1 Å². The fourth-order valence-corrected chi connectivity index (χ4v) is 1.94. The first-order valence-electron chi connectivity index (χ1n) is 6.66. The molecule has 2 aromatic carbocycles. The number of hydrogen-bond donors (Lipinski definition) is 0. The van der Waals surface area contributed by atoms with E-state index in [1.807, 2.05) is 30.3 Å². The number of hydrogen-bond acceptors (Lipinski definition) is 4. The van der Waals surface area contributed by atoms with E-state index in [1.165, 1.54) is 18.2 Å². The lowest BCUT2D eigenvalue weighted by Crippen LogP contribution is -2.07. The average Bonchev–Trinajstić information content (AvgIpc) is 3.03. The molecule has 0 atom stereocenters. The Morgan fingerprint density at radius 2 is 1.82 bits per heavy atom. The number of benzene rings is 2. The minimum Gasteiger partial charge on any atom is -0.452 e. The van der Waals surface area contributed by atoms with Crippen LogP contribution in [0.15, 0.2) is 65.2 Å². The maximum absolute atomic E-state index is 13.5. The highest BCUT2D eigenvalue weighted by Gasteiger charge is 2.14. The van der Waals surface area contributed by atoms with Crippen LogP contribution in [0, 0.1) is 5.82 Å². The number of carbonyl (C=O) groups is 1. The summed E-state index contributed by atoms with van der Waals surface area (Å²) in [7, 11) is 0. The summed E-state index contributed by atoms with van der Waals surface area (Å²) in [6.07, 6.45) is 1.56. The van der Waals surface area contributed by atoms with Crippen molar-refractivity contribution >= 4 is 5.97 Å². The van der Waals surface area contributed by atoms with E-state index in [2.05, 4.69) is 4.98 Å². The molecule has 4 nitrogen and oxygen atoms in total. The lowest BCUT2D eigenvalue weighted by molar-refractivity contribution is 0.0433. The van der Waals surface area contributed by atoms with Crippen molar-refractivity contribution < 1.29 is 18.3 Å². The van der Waals surface area contributed by atoms with Gasteiger partial charge in [0, 0.05) is 5.56 Å². The fraction of sp³-hybridized carbons (Fsp3) is 0.0588. The SMILES string of the molecule is O=C(OCc1ncc(-c2ccccc2)o1)c1ccccc1F. The van der Waals surface area contributed by atoms with Crippen molar-refractivity contribution in [3.63, 3.8) is 0 Å². The number of rotatable bonds is 4. The monoisotopic (exact) mass is 297 g/mol.